The molecule has 1 atom stereocenters. The number of fused-ring (bicyclic) bond motifs is 1. The number of anilines is 1. The SMILES string of the molecule is Fc1ccc(NC2CCc3cccnc32)c(I)c1. The van der Waals surface area contributed by atoms with Gasteiger partial charge in [0.2, 0.25) is 0 Å². The van der Waals surface area contributed by atoms with E-state index in [2.05, 4.69) is 39.0 Å². The minimum atomic E-state index is -0.199. The van der Waals surface area contributed by atoms with E-state index in [-0.39, 0.29) is 11.9 Å². The van der Waals surface area contributed by atoms with Crippen molar-refractivity contribution in [3.8, 4) is 0 Å². The molecule has 0 saturated carbocycles. The summed E-state index contributed by atoms with van der Waals surface area (Å²) >= 11 is 2.15. The van der Waals surface area contributed by atoms with Crippen LogP contribution in [0.25, 0.3) is 0 Å². The molecule has 0 bridgehead atoms. The molecule has 2 aromatic rings. The lowest BCUT2D eigenvalue weighted by Crippen LogP contribution is -2.09. The van der Waals surface area contributed by atoms with Crippen LogP contribution in [0.15, 0.2) is 36.5 Å². The molecule has 0 spiro atoms. The van der Waals surface area contributed by atoms with Crippen molar-refractivity contribution in [1.82, 2.24) is 4.98 Å². The first kappa shape index (κ1) is 11.9. The first-order chi connectivity index (χ1) is 8.74. The standard InChI is InChI=1S/C14H12FIN2/c15-10-4-6-12(11(16)8-10)18-13-5-3-9-2-1-7-17-14(9)13/h1-2,4,6-8,13,18H,3,5H2. The van der Waals surface area contributed by atoms with E-state index in [0.717, 1.165) is 27.8 Å². The van der Waals surface area contributed by atoms with Crippen molar-refractivity contribution in [1.29, 1.82) is 0 Å². The smallest absolute Gasteiger partial charge is 0.124 e. The van der Waals surface area contributed by atoms with Gasteiger partial charge in [0.25, 0.3) is 0 Å². The van der Waals surface area contributed by atoms with Crippen LogP contribution in [0.4, 0.5) is 10.1 Å². The number of nitrogens with one attached hydrogen (secondary N) is 1. The lowest BCUT2D eigenvalue weighted by atomic mass is 10.2. The van der Waals surface area contributed by atoms with E-state index in [1.54, 1.807) is 6.07 Å². The lowest BCUT2D eigenvalue weighted by Gasteiger charge is -2.15. The van der Waals surface area contributed by atoms with Gasteiger partial charge in [0.15, 0.2) is 0 Å². The van der Waals surface area contributed by atoms with Gasteiger partial charge >= 0.3 is 0 Å². The molecule has 4 heteroatoms. The van der Waals surface area contributed by atoms with Gasteiger partial charge in [-0.05, 0) is 65.3 Å². The highest BCUT2D eigenvalue weighted by molar-refractivity contribution is 14.1. The summed E-state index contributed by atoms with van der Waals surface area (Å²) in [6.45, 7) is 0. The van der Waals surface area contributed by atoms with Crippen molar-refractivity contribution in [2.24, 2.45) is 0 Å². The van der Waals surface area contributed by atoms with Gasteiger partial charge in [-0.15, -0.1) is 0 Å². The van der Waals surface area contributed by atoms with Gasteiger partial charge in [0.05, 0.1) is 11.7 Å². The summed E-state index contributed by atoms with van der Waals surface area (Å²) in [6, 6.07) is 9.15. The summed E-state index contributed by atoms with van der Waals surface area (Å²) in [5.41, 5.74) is 3.41. The molecule has 1 unspecified atom stereocenters. The lowest BCUT2D eigenvalue weighted by molar-refractivity contribution is 0.626. The maximum atomic E-state index is 13.1. The normalized spacial score (nSPS) is 17.6. The quantitative estimate of drug-likeness (QED) is 0.827. The molecule has 92 valence electrons. The summed E-state index contributed by atoms with van der Waals surface area (Å²) in [4.78, 5) is 4.45. The molecule has 0 radical (unpaired) electrons. The third-order valence-corrected chi connectivity index (χ3v) is 4.11. The summed E-state index contributed by atoms with van der Waals surface area (Å²) in [5, 5.41) is 3.46. The molecule has 18 heavy (non-hydrogen) atoms. The average Bonchev–Trinajstić information content (AvgIpc) is 2.76. The minimum absolute atomic E-state index is 0.199. The van der Waals surface area contributed by atoms with E-state index in [0.29, 0.717) is 0 Å². The molecule has 3 rings (SSSR count). The molecule has 1 heterocycles. The molecule has 1 aromatic carbocycles. The van der Waals surface area contributed by atoms with Crippen LogP contribution in [0.3, 0.4) is 0 Å². The number of benzene rings is 1. The second-order valence-corrected chi connectivity index (χ2v) is 5.57. The predicted octanol–water partition coefficient (Wildman–Crippen LogP) is 3.92. The molecule has 2 nitrogen and oxygen atoms in total. The average molecular weight is 354 g/mol. The van der Waals surface area contributed by atoms with Crippen molar-refractivity contribution >= 4 is 28.3 Å². The first-order valence-electron chi connectivity index (χ1n) is 5.89. The van der Waals surface area contributed by atoms with Crippen LogP contribution in [-0.4, -0.2) is 4.98 Å². The van der Waals surface area contributed by atoms with E-state index < -0.39 is 0 Å². The largest absolute Gasteiger partial charge is 0.376 e. The number of pyridine rings is 1. The van der Waals surface area contributed by atoms with Crippen molar-refractivity contribution in [2.75, 3.05) is 5.32 Å². The Labute approximate surface area is 119 Å². The fourth-order valence-electron chi connectivity index (χ4n) is 2.35. The number of rotatable bonds is 2. The zero-order valence-corrected chi connectivity index (χ0v) is 11.8. The third-order valence-electron chi connectivity index (χ3n) is 3.22. The number of aromatic nitrogens is 1. The number of nitrogens with zero attached hydrogens (tertiary/aromatic N) is 1. The van der Waals surface area contributed by atoms with E-state index >= 15 is 0 Å². The van der Waals surface area contributed by atoms with Gasteiger partial charge in [-0.1, -0.05) is 6.07 Å². The molecule has 1 aromatic heterocycles. The predicted molar refractivity (Wildman–Crippen MR) is 78.0 cm³/mol. The number of hydrogen-bond donors (Lipinski definition) is 1. The van der Waals surface area contributed by atoms with Gasteiger partial charge in [0.1, 0.15) is 5.82 Å². The summed E-state index contributed by atoms with van der Waals surface area (Å²) in [5.74, 6) is -0.199. The maximum absolute atomic E-state index is 13.1. The Balaban J connectivity index is 1.86. The molecule has 1 aliphatic rings. The fourth-order valence-corrected chi connectivity index (χ4v) is 2.98. The Morgan fingerprint density at radius 1 is 1.33 bits per heavy atom. The monoisotopic (exact) mass is 354 g/mol. The molecule has 0 aliphatic heterocycles. The first-order valence-corrected chi connectivity index (χ1v) is 6.97. The summed E-state index contributed by atoms with van der Waals surface area (Å²) in [6.07, 6.45) is 3.92. The van der Waals surface area contributed by atoms with Crippen molar-refractivity contribution < 1.29 is 4.39 Å². The van der Waals surface area contributed by atoms with E-state index in [4.69, 9.17) is 0 Å². The Kier molecular flexibility index (Phi) is 3.20. The highest BCUT2D eigenvalue weighted by Crippen LogP contribution is 2.33. The van der Waals surface area contributed by atoms with Crippen molar-refractivity contribution in [2.45, 2.75) is 18.9 Å². The topological polar surface area (TPSA) is 24.9 Å². The highest BCUT2D eigenvalue weighted by atomic mass is 127. The maximum Gasteiger partial charge on any atom is 0.124 e. The van der Waals surface area contributed by atoms with Gasteiger partial charge in [-0.2, -0.15) is 0 Å². The fraction of sp³-hybridized carbons (Fsp3) is 0.214. The Hall–Kier alpha value is -1.17. The minimum Gasteiger partial charge on any atom is -0.376 e. The van der Waals surface area contributed by atoms with E-state index in [1.165, 1.54) is 17.7 Å². The summed E-state index contributed by atoms with van der Waals surface area (Å²) < 4.78 is 14.0. The summed E-state index contributed by atoms with van der Waals surface area (Å²) in [7, 11) is 0. The van der Waals surface area contributed by atoms with E-state index in [1.807, 2.05) is 12.3 Å². The highest BCUT2D eigenvalue weighted by Gasteiger charge is 2.23. The van der Waals surface area contributed by atoms with Crippen LogP contribution in [0.2, 0.25) is 0 Å². The van der Waals surface area contributed by atoms with Gasteiger partial charge < -0.3 is 5.32 Å². The number of halogens is 2. The molecule has 0 fully saturated rings. The number of aryl methyl sites for hydroxylation is 1. The van der Waals surface area contributed by atoms with Crippen LogP contribution in [0.1, 0.15) is 23.7 Å². The van der Waals surface area contributed by atoms with Crippen molar-refractivity contribution in [3.05, 3.63) is 57.2 Å². The molecule has 1 N–H and O–H groups in total. The Morgan fingerprint density at radius 2 is 2.22 bits per heavy atom. The Morgan fingerprint density at radius 3 is 3.06 bits per heavy atom. The second-order valence-electron chi connectivity index (χ2n) is 4.41. The van der Waals surface area contributed by atoms with Crippen LogP contribution in [-0.2, 0) is 6.42 Å². The van der Waals surface area contributed by atoms with Gasteiger partial charge in [-0.3, -0.25) is 4.98 Å². The van der Waals surface area contributed by atoms with Gasteiger partial charge in [0, 0.05) is 15.5 Å². The second kappa shape index (κ2) is 4.84. The van der Waals surface area contributed by atoms with Crippen LogP contribution >= 0.6 is 22.6 Å². The number of hydrogen-bond acceptors (Lipinski definition) is 2. The van der Waals surface area contributed by atoms with Crippen LogP contribution in [0, 0.1) is 9.39 Å². The molecule has 1 aliphatic carbocycles. The third kappa shape index (κ3) is 2.21. The molecule has 0 saturated heterocycles. The van der Waals surface area contributed by atoms with Gasteiger partial charge in [-0.25, -0.2) is 4.39 Å². The van der Waals surface area contributed by atoms with E-state index in [9.17, 15) is 4.39 Å². The van der Waals surface area contributed by atoms with Crippen LogP contribution in [0.5, 0.6) is 0 Å². The zero-order valence-electron chi connectivity index (χ0n) is 9.66. The molecule has 0 amide bonds. The molecular weight excluding hydrogens is 342 g/mol. The molecular formula is C14H12FIN2. The van der Waals surface area contributed by atoms with Crippen LogP contribution < -0.4 is 5.32 Å². The zero-order chi connectivity index (χ0) is 12.5. The van der Waals surface area contributed by atoms with Crippen molar-refractivity contribution in [3.63, 3.8) is 0 Å². The Bertz CT molecular complexity index is 586.